The zero-order chi connectivity index (χ0) is 14.2. The second kappa shape index (κ2) is 5.06. The first kappa shape index (κ1) is 14.2. The van der Waals surface area contributed by atoms with E-state index in [-0.39, 0.29) is 10.8 Å². The van der Waals surface area contributed by atoms with E-state index in [0.717, 1.165) is 16.5 Å². The minimum atomic E-state index is -1.08. The Hall–Kier alpha value is -1.20. The highest BCUT2D eigenvalue weighted by molar-refractivity contribution is 7.84. The van der Waals surface area contributed by atoms with Crippen LogP contribution in [0.15, 0.2) is 24.4 Å². The Morgan fingerprint density at radius 1 is 1.37 bits per heavy atom. The average molecular weight is 279 g/mol. The van der Waals surface area contributed by atoms with E-state index in [4.69, 9.17) is 0 Å². The molecule has 1 heterocycles. The third-order valence-corrected chi connectivity index (χ3v) is 4.68. The largest absolute Gasteiger partial charge is 0.275 e. The Morgan fingerprint density at radius 3 is 2.68 bits per heavy atom. The molecule has 1 N–H and O–H groups in total. The first-order valence-corrected chi connectivity index (χ1v) is 7.54. The zero-order valence-electron chi connectivity index (χ0n) is 12.1. The minimum Gasteiger partial charge on any atom is -0.275 e. The number of benzene rings is 1. The monoisotopic (exact) mass is 279 g/mol. The van der Waals surface area contributed by atoms with Crippen molar-refractivity contribution in [3.63, 3.8) is 0 Å². The lowest BCUT2D eigenvalue weighted by Gasteiger charge is -2.22. The lowest BCUT2D eigenvalue weighted by Crippen LogP contribution is -2.34. The third-order valence-electron chi connectivity index (χ3n) is 3.00. The smallest absolute Gasteiger partial charge is 0.0975 e. The molecule has 19 heavy (non-hydrogen) atoms. The van der Waals surface area contributed by atoms with Crippen LogP contribution in [0.25, 0.3) is 10.9 Å². The van der Waals surface area contributed by atoms with E-state index in [1.165, 1.54) is 0 Å². The lowest BCUT2D eigenvalue weighted by atomic mass is 10.1. The quantitative estimate of drug-likeness (QED) is 0.939. The summed E-state index contributed by atoms with van der Waals surface area (Å²) in [6, 6.07) is 6.06. The first-order valence-electron chi connectivity index (χ1n) is 6.39. The van der Waals surface area contributed by atoms with Crippen molar-refractivity contribution >= 4 is 21.9 Å². The van der Waals surface area contributed by atoms with Crippen LogP contribution in [-0.4, -0.2) is 18.7 Å². The molecule has 104 valence electrons. The zero-order valence-corrected chi connectivity index (χ0v) is 12.9. The summed E-state index contributed by atoms with van der Waals surface area (Å²) in [5.41, 5.74) is 2.10. The van der Waals surface area contributed by atoms with Crippen molar-refractivity contribution in [2.75, 3.05) is 0 Å². The molecule has 0 spiro atoms. The van der Waals surface area contributed by atoms with Crippen LogP contribution in [0.4, 0.5) is 0 Å². The van der Waals surface area contributed by atoms with Gasteiger partial charge < -0.3 is 0 Å². The highest BCUT2D eigenvalue weighted by Gasteiger charge is 2.22. The van der Waals surface area contributed by atoms with Gasteiger partial charge in [-0.05, 0) is 39.3 Å². The molecule has 2 rings (SSSR count). The fourth-order valence-corrected chi connectivity index (χ4v) is 2.76. The summed E-state index contributed by atoms with van der Waals surface area (Å²) in [5, 5.41) is 5.50. The van der Waals surface area contributed by atoms with Crippen molar-refractivity contribution in [1.29, 1.82) is 0 Å². The van der Waals surface area contributed by atoms with E-state index >= 15 is 0 Å². The van der Waals surface area contributed by atoms with Gasteiger partial charge in [-0.3, -0.25) is 4.68 Å². The van der Waals surface area contributed by atoms with Crippen LogP contribution < -0.4 is 4.72 Å². The molecule has 1 aromatic heterocycles. The molecule has 4 nitrogen and oxygen atoms in total. The van der Waals surface area contributed by atoms with Gasteiger partial charge in [-0.25, -0.2) is 8.93 Å². The number of hydrogen-bond acceptors (Lipinski definition) is 2. The molecular formula is C14H21N3OS. The SMILES string of the molecule is C[C@@H](NS(=O)C(C)(C)C)c1cccc2nn(C)cc12. The van der Waals surface area contributed by atoms with E-state index in [1.54, 1.807) is 0 Å². The molecule has 0 saturated carbocycles. The van der Waals surface area contributed by atoms with Crippen LogP contribution in [0, 0.1) is 0 Å². The molecule has 0 aliphatic heterocycles. The number of hydrogen-bond donors (Lipinski definition) is 1. The minimum absolute atomic E-state index is 0.0213. The normalized spacial score (nSPS) is 15.6. The van der Waals surface area contributed by atoms with Gasteiger partial charge in [-0.15, -0.1) is 0 Å². The Bertz CT molecular complexity index is 613. The fraction of sp³-hybridized carbons (Fsp3) is 0.500. The van der Waals surface area contributed by atoms with E-state index in [9.17, 15) is 4.21 Å². The van der Waals surface area contributed by atoms with Gasteiger partial charge in [0.25, 0.3) is 0 Å². The van der Waals surface area contributed by atoms with Crippen molar-refractivity contribution < 1.29 is 4.21 Å². The maximum absolute atomic E-state index is 12.2. The Balaban J connectivity index is 2.31. The van der Waals surface area contributed by atoms with Gasteiger partial charge in [0, 0.05) is 24.7 Å². The summed E-state index contributed by atoms with van der Waals surface area (Å²) in [6.07, 6.45) is 2.00. The Kier molecular flexibility index (Phi) is 3.78. The van der Waals surface area contributed by atoms with Crippen LogP contribution in [0.5, 0.6) is 0 Å². The summed E-state index contributed by atoms with van der Waals surface area (Å²) in [4.78, 5) is 0. The fourth-order valence-electron chi connectivity index (χ4n) is 1.96. The number of aromatic nitrogens is 2. The predicted octanol–water partition coefficient (Wildman–Crippen LogP) is 2.69. The molecule has 1 aromatic carbocycles. The second-order valence-electron chi connectivity index (χ2n) is 5.80. The maximum Gasteiger partial charge on any atom is 0.0975 e. The van der Waals surface area contributed by atoms with Crippen molar-refractivity contribution in [2.45, 2.75) is 38.5 Å². The number of nitrogens with zero attached hydrogens (tertiary/aromatic N) is 2. The van der Waals surface area contributed by atoms with Gasteiger partial charge in [0.15, 0.2) is 0 Å². The number of aryl methyl sites for hydroxylation is 1. The molecule has 0 radical (unpaired) electrons. The molecule has 0 bridgehead atoms. The van der Waals surface area contributed by atoms with Gasteiger partial charge in [0.2, 0.25) is 0 Å². The van der Waals surface area contributed by atoms with Crippen LogP contribution in [0.3, 0.4) is 0 Å². The molecule has 2 atom stereocenters. The van der Waals surface area contributed by atoms with Crippen molar-refractivity contribution in [3.8, 4) is 0 Å². The molecule has 2 aromatic rings. The van der Waals surface area contributed by atoms with E-state index in [0.29, 0.717) is 0 Å². The molecule has 0 saturated heterocycles. The van der Waals surface area contributed by atoms with E-state index in [2.05, 4.69) is 15.9 Å². The molecule has 1 unspecified atom stereocenters. The van der Waals surface area contributed by atoms with Crippen molar-refractivity contribution in [2.24, 2.45) is 7.05 Å². The van der Waals surface area contributed by atoms with Gasteiger partial charge in [0.05, 0.1) is 21.2 Å². The highest BCUT2D eigenvalue weighted by Crippen LogP contribution is 2.24. The second-order valence-corrected chi connectivity index (χ2v) is 7.80. The molecule has 0 aliphatic carbocycles. The first-order chi connectivity index (χ1) is 8.79. The number of rotatable bonds is 3. The van der Waals surface area contributed by atoms with Gasteiger partial charge >= 0.3 is 0 Å². The van der Waals surface area contributed by atoms with E-state index in [1.807, 2.05) is 57.8 Å². The Labute approximate surface area is 116 Å². The maximum atomic E-state index is 12.2. The molecule has 0 amide bonds. The van der Waals surface area contributed by atoms with Gasteiger partial charge in [-0.2, -0.15) is 5.10 Å². The average Bonchev–Trinajstić information content (AvgIpc) is 2.67. The summed E-state index contributed by atoms with van der Waals surface area (Å²) < 4.78 is 16.9. The van der Waals surface area contributed by atoms with Gasteiger partial charge in [0.1, 0.15) is 0 Å². The predicted molar refractivity (Wildman–Crippen MR) is 80.2 cm³/mol. The molecular weight excluding hydrogens is 258 g/mol. The summed E-state index contributed by atoms with van der Waals surface area (Å²) >= 11 is 0. The number of nitrogens with one attached hydrogen (secondary N) is 1. The number of fused-ring (bicyclic) bond motifs is 1. The molecule has 0 fully saturated rings. The van der Waals surface area contributed by atoms with Crippen molar-refractivity contribution in [3.05, 3.63) is 30.0 Å². The topological polar surface area (TPSA) is 46.9 Å². The van der Waals surface area contributed by atoms with Crippen LogP contribution >= 0.6 is 0 Å². The van der Waals surface area contributed by atoms with Crippen LogP contribution in [0.1, 0.15) is 39.3 Å². The summed E-state index contributed by atoms with van der Waals surface area (Å²) in [7, 11) is 0.831. The summed E-state index contributed by atoms with van der Waals surface area (Å²) in [6.45, 7) is 7.93. The van der Waals surface area contributed by atoms with Gasteiger partial charge in [-0.1, -0.05) is 12.1 Å². The van der Waals surface area contributed by atoms with Crippen molar-refractivity contribution in [1.82, 2.24) is 14.5 Å². The van der Waals surface area contributed by atoms with Crippen LogP contribution in [-0.2, 0) is 18.0 Å². The Morgan fingerprint density at radius 2 is 2.05 bits per heavy atom. The molecule has 0 aliphatic rings. The molecule has 5 heteroatoms. The third kappa shape index (κ3) is 3.04. The van der Waals surface area contributed by atoms with E-state index < -0.39 is 11.0 Å². The standard InChI is InChI=1S/C14H21N3OS/c1-10(16-19(18)14(2,3)4)11-7-6-8-13-12(11)9-17(5)15-13/h6-10,16H,1-5H3/t10-,19?/m1/s1. The highest BCUT2D eigenvalue weighted by atomic mass is 32.2. The van der Waals surface area contributed by atoms with Crippen LogP contribution in [0.2, 0.25) is 0 Å². The lowest BCUT2D eigenvalue weighted by molar-refractivity contribution is 0.617. The summed E-state index contributed by atoms with van der Waals surface area (Å²) in [5.74, 6) is 0.